The van der Waals surface area contributed by atoms with Crippen LogP contribution in [-0.2, 0) is 28.8 Å². The highest BCUT2D eigenvalue weighted by molar-refractivity contribution is 6.06. The first-order valence-corrected chi connectivity index (χ1v) is 11.1. The molecule has 1 aliphatic heterocycles. The van der Waals surface area contributed by atoms with E-state index in [1.165, 1.54) is 0 Å². The molecule has 3 N–H and O–H groups in total. The maximum absolute atomic E-state index is 12.3. The van der Waals surface area contributed by atoms with E-state index in [1.807, 2.05) is 13.8 Å². The van der Waals surface area contributed by atoms with Crippen molar-refractivity contribution in [2.24, 2.45) is 17.8 Å². The second-order valence-corrected chi connectivity index (χ2v) is 8.84. The quantitative estimate of drug-likeness (QED) is 0.185. The lowest BCUT2D eigenvalue weighted by Gasteiger charge is -2.19. The zero-order valence-electron chi connectivity index (χ0n) is 19.3. The molecule has 2 atom stereocenters. The average molecular weight is 454 g/mol. The van der Waals surface area contributed by atoms with Gasteiger partial charge in [-0.05, 0) is 31.7 Å². The van der Waals surface area contributed by atoms with E-state index in [4.69, 9.17) is 0 Å². The number of carboxylic acids is 1. The Morgan fingerprint density at radius 3 is 2.28 bits per heavy atom. The molecule has 0 aromatic carbocycles. The number of Topliss-reactive ketones (excluding diaryl/α,β-unsaturated/α-hetero) is 2. The summed E-state index contributed by atoms with van der Waals surface area (Å²) in [5.41, 5.74) is 0. The molecule has 2 unspecified atom stereocenters. The van der Waals surface area contributed by atoms with Gasteiger partial charge in [0.25, 0.3) is 0 Å². The van der Waals surface area contributed by atoms with Gasteiger partial charge in [-0.25, -0.2) is 4.79 Å². The summed E-state index contributed by atoms with van der Waals surface area (Å²) >= 11 is 0. The smallest absolute Gasteiger partial charge is 0.326 e. The maximum atomic E-state index is 12.3. The predicted molar refractivity (Wildman–Crippen MR) is 115 cm³/mol. The molecule has 0 radical (unpaired) electrons. The highest BCUT2D eigenvalue weighted by Gasteiger charge is 2.41. The van der Waals surface area contributed by atoms with Crippen LogP contribution in [0.4, 0.5) is 0 Å². The Morgan fingerprint density at radius 2 is 1.75 bits per heavy atom. The second kappa shape index (κ2) is 13.0. The number of unbranched alkanes of at least 4 members (excludes halogenated alkanes) is 1. The zero-order chi connectivity index (χ0) is 24.4. The third kappa shape index (κ3) is 8.86. The van der Waals surface area contributed by atoms with Gasteiger partial charge in [0.1, 0.15) is 18.4 Å². The number of likely N-dealkylation sites (tertiary alicyclic amines) is 1. The highest BCUT2D eigenvalue weighted by Crippen LogP contribution is 2.26. The Bertz CT molecular complexity index is 733. The second-order valence-electron chi connectivity index (χ2n) is 8.84. The third-order valence-corrected chi connectivity index (χ3v) is 5.45. The Hall–Kier alpha value is -2.62. The molecule has 0 saturated carbocycles. The standard InChI is InChI=1S/C22H35N3O7/c1-13(2)16-10-20(29)25(21(16)30)12-19(28)24-17(22(31)32)7-5-6-8-23-11-15(26)9-18(27)14(3)4/h13-14,16-17,23H,5-12H2,1-4H3,(H,24,28)(H,31,32). The monoisotopic (exact) mass is 453 g/mol. The summed E-state index contributed by atoms with van der Waals surface area (Å²) in [6.07, 6.45) is 1.18. The molecule has 1 saturated heterocycles. The summed E-state index contributed by atoms with van der Waals surface area (Å²) < 4.78 is 0. The number of nitrogens with one attached hydrogen (secondary N) is 2. The normalized spacial score (nSPS) is 17.2. The molecule has 180 valence electrons. The Labute approximate surface area is 188 Å². The summed E-state index contributed by atoms with van der Waals surface area (Å²) in [6, 6.07) is -1.14. The zero-order valence-corrected chi connectivity index (χ0v) is 19.3. The highest BCUT2D eigenvalue weighted by atomic mass is 16.4. The Kier molecular flexibility index (Phi) is 11.2. The van der Waals surface area contributed by atoms with Gasteiger partial charge >= 0.3 is 5.97 Å². The number of hydrogen-bond donors (Lipinski definition) is 3. The van der Waals surface area contributed by atoms with Gasteiger partial charge in [-0.2, -0.15) is 0 Å². The van der Waals surface area contributed by atoms with Crippen molar-refractivity contribution in [3.63, 3.8) is 0 Å². The third-order valence-electron chi connectivity index (χ3n) is 5.45. The van der Waals surface area contributed by atoms with Crippen molar-refractivity contribution in [3.8, 4) is 0 Å². The number of rotatable bonds is 15. The molecule has 32 heavy (non-hydrogen) atoms. The Balaban J connectivity index is 2.35. The van der Waals surface area contributed by atoms with Crippen molar-refractivity contribution >= 4 is 35.3 Å². The number of ketones is 2. The molecule has 0 bridgehead atoms. The van der Waals surface area contributed by atoms with Gasteiger partial charge in [0, 0.05) is 18.3 Å². The number of imide groups is 1. The molecule has 3 amide bonds. The van der Waals surface area contributed by atoms with E-state index in [1.54, 1.807) is 13.8 Å². The summed E-state index contributed by atoms with van der Waals surface area (Å²) in [7, 11) is 0. The Morgan fingerprint density at radius 1 is 1.09 bits per heavy atom. The van der Waals surface area contributed by atoms with E-state index in [-0.39, 0.29) is 49.2 Å². The van der Waals surface area contributed by atoms with Crippen molar-refractivity contribution in [2.75, 3.05) is 19.6 Å². The number of nitrogens with zero attached hydrogens (tertiary/aromatic N) is 1. The van der Waals surface area contributed by atoms with Crippen LogP contribution in [0, 0.1) is 17.8 Å². The van der Waals surface area contributed by atoms with Crippen LogP contribution in [0.15, 0.2) is 0 Å². The van der Waals surface area contributed by atoms with Gasteiger partial charge in [-0.15, -0.1) is 0 Å². The fraction of sp³-hybridized carbons (Fsp3) is 0.727. The van der Waals surface area contributed by atoms with Crippen LogP contribution in [0.3, 0.4) is 0 Å². The van der Waals surface area contributed by atoms with Crippen LogP contribution < -0.4 is 10.6 Å². The van der Waals surface area contributed by atoms with Crippen LogP contribution in [-0.4, -0.2) is 70.9 Å². The summed E-state index contributed by atoms with van der Waals surface area (Å²) in [5.74, 6) is -3.66. The minimum Gasteiger partial charge on any atom is -0.480 e. The summed E-state index contributed by atoms with van der Waals surface area (Å²) in [4.78, 5) is 72.1. The van der Waals surface area contributed by atoms with Gasteiger partial charge in [-0.1, -0.05) is 27.7 Å². The van der Waals surface area contributed by atoms with E-state index in [9.17, 15) is 33.9 Å². The van der Waals surface area contributed by atoms with Crippen LogP contribution in [0.1, 0.15) is 59.8 Å². The lowest BCUT2D eigenvalue weighted by Crippen LogP contribution is -2.47. The van der Waals surface area contributed by atoms with Crippen molar-refractivity contribution in [1.82, 2.24) is 15.5 Å². The van der Waals surface area contributed by atoms with E-state index >= 15 is 0 Å². The van der Waals surface area contributed by atoms with E-state index in [0.29, 0.717) is 19.4 Å². The molecule has 0 spiro atoms. The largest absolute Gasteiger partial charge is 0.480 e. The van der Waals surface area contributed by atoms with Gasteiger partial charge in [0.05, 0.1) is 13.0 Å². The number of carbonyl (C=O) groups excluding carboxylic acids is 5. The first-order valence-electron chi connectivity index (χ1n) is 11.1. The molecule has 10 nitrogen and oxygen atoms in total. The van der Waals surface area contributed by atoms with E-state index in [0.717, 1.165) is 4.90 Å². The first kappa shape index (κ1) is 27.4. The van der Waals surface area contributed by atoms with Crippen LogP contribution in [0.25, 0.3) is 0 Å². The van der Waals surface area contributed by atoms with Gasteiger partial charge in [0.15, 0.2) is 5.78 Å². The predicted octanol–water partition coefficient (Wildman–Crippen LogP) is 0.531. The number of aliphatic carboxylic acids is 1. The van der Waals surface area contributed by atoms with Crippen LogP contribution in [0.5, 0.6) is 0 Å². The number of carboxylic acid groups (broad SMARTS) is 1. The maximum Gasteiger partial charge on any atom is 0.326 e. The molecule has 1 rings (SSSR count). The molecular weight excluding hydrogens is 418 g/mol. The minimum atomic E-state index is -1.20. The molecular formula is C22H35N3O7. The first-order chi connectivity index (χ1) is 14.9. The van der Waals surface area contributed by atoms with Crippen LogP contribution in [0.2, 0.25) is 0 Å². The molecule has 0 aliphatic carbocycles. The summed E-state index contributed by atoms with van der Waals surface area (Å²) in [5, 5.41) is 14.7. The van der Waals surface area contributed by atoms with Crippen molar-refractivity contribution < 1.29 is 33.9 Å². The fourth-order valence-electron chi connectivity index (χ4n) is 3.32. The van der Waals surface area contributed by atoms with Gasteiger partial charge in [0.2, 0.25) is 17.7 Å². The number of carbonyl (C=O) groups is 6. The van der Waals surface area contributed by atoms with E-state index < -0.39 is 42.2 Å². The SMILES string of the molecule is CC(C)C(=O)CC(=O)CNCCCCC(NC(=O)CN1C(=O)CC(C(C)C)C1=O)C(=O)O. The summed E-state index contributed by atoms with van der Waals surface area (Å²) in [6.45, 7) is 7.20. The lowest BCUT2D eigenvalue weighted by atomic mass is 9.94. The molecule has 1 aliphatic rings. The van der Waals surface area contributed by atoms with Crippen molar-refractivity contribution in [2.45, 2.75) is 65.8 Å². The molecule has 0 aromatic heterocycles. The molecule has 1 heterocycles. The van der Waals surface area contributed by atoms with Crippen LogP contribution >= 0.6 is 0 Å². The minimum absolute atomic E-state index is 0.0223. The molecule has 1 fully saturated rings. The molecule has 0 aromatic rings. The van der Waals surface area contributed by atoms with Gasteiger partial charge < -0.3 is 15.7 Å². The topological polar surface area (TPSA) is 150 Å². The fourth-order valence-corrected chi connectivity index (χ4v) is 3.32. The molecule has 10 heteroatoms. The van der Waals surface area contributed by atoms with Crippen molar-refractivity contribution in [1.29, 1.82) is 0 Å². The average Bonchev–Trinajstić information content (AvgIpc) is 2.97. The van der Waals surface area contributed by atoms with Crippen molar-refractivity contribution in [3.05, 3.63) is 0 Å². The van der Waals surface area contributed by atoms with E-state index in [2.05, 4.69) is 10.6 Å². The number of amides is 3. The lowest BCUT2D eigenvalue weighted by molar-refractivity contribution is -0.145. The number of hydrogen-bond acceptors (Lipinski definition) is 7. The van der Waals surface area contributed by atoms with Gasteiger partial charge in [-0.3, -0.25) is 28.9 Å².